The quantitative estimate of drug-likeness (QED) is 0.520. The van der Waals surface area contributed by atoms with Gasteiger partial charge in [0.05, 0.1) is 0 Å². The molecule has 0 atom stereocenters. The van der Waals surface area contributed by atoms with Crippen LogP contribution in [0.4, 0.5) is 0 Å². The number of carbonyl (C=O) groups excluding carboxylic acids is 2. The number of benzene rings is 1. The minimum atomic E-state index is -0.451. The molecule has 1 aromatic heterocycles. The topological polar surface area (TPSA) is 57.5 Å². The second-order valence-corrected chi connectivity index (χ2v) is 7.19. The number of carbonyl (C=O) groups is 2. The average Bonchev–Trinajstić information content (AvgIpc) is 3.04. The van der Waals surface area contributed by atoms with Gasteiger partial charge in [-0.1, -0.05) is 30.3 Å². The highest BCUT2D eigenvalue weighted by atomic mass is 16.6. The normalized spacial score (nSPS) is 11.2. The number of hydrogen-bond acceptors (Lipinski definition) is 4. The molecule has 0 spiro atoms. The molecule has 0 bridgehead atoms. The van der Waals surface area contributed by atoms with Crippen molar-refractivity contribution in [2.24, 2.45) is 0 Å². The summed E-state index contributed by atoms with van der Waals surface area (Å²) in [5.41, 5.74) is 1.03. The number of rotatable bonds is 8. The van der Waals surface area contributed by atoms with E-state index < -0.39 is 5.60 Å². The number of esters is 2. The third-order valence-electron chi connectivity index (χ3n) is 3.70. The molecule has 2 rings (SSSR count). The summed E-state index contributed by atoms with van der Waals surface area (Å²) in [6, 6.07) is 13.2. The smallest absolute Gasteiger partial charge is 0.355 e. The van der Waals surface area contributed by atoms with Gasteiger partial charge in [0.2, 0.25) is 0 Å². The van der Waals surface area contributed by atoms with Gasteiger partial charge in [-0.25, -0.2) is 4.79 Å². The Balaban J connectivity index is 1.77. The minimum Gasteiger partial charge on any atom is -0.460 e. The maximum Gasteiger partial charge on any atom is 0.355 e. The van der Waals surface area contributed by atoms with E-state index >= 15 is 0 Å². The van der Waals surface area contributed by atoms with Crippen molar-refractivity contribution in [3.8, 4) is 0 Å². The lowest BCUT2D eigenvalue weighted by atomic mass is 10.2. The Morgan fingerprint density at radius 2 is 1.73 bits per heavy atom. The molecule has 1 heterocycles. The SMILES string of the molecule is CC(C)(C)OC(=O)CCCCn1cccc1C(=O)OCc1ccccc1. The number of aryl methyl sites for hydroxylation is 1. The maximum atomic E-state index is 12.3. The van der Waals surface area contributed by atoms with Crippen molar-refractivity contribution in [1.82, 2.24) is 4.57 Å². The molecule has 5 nitrogen and oxygen atoms in total. The van der Waals surface area contributed by atoms with Gasteiger partial charge in [0, 0.05) is 19.2 Å². The van der Waals surface area contributed by atoms with Gasteiger partial charge in [0.25, 0.3) is 0 Å². The third-order valence-corrected chi connectivity index (χ3v) is 3.70. The molecule has 0 aliphatic rings. The van der Waals surface area contributed by atoms with Crippen molar-refractivity contribution in [2.45, 2.75) is 58.8 Å². The summed E-state index contributed by atoms with van der Waals surface area (Å²) < 4.78 is 12.5. The van der Waals surface area contributed by atoms with Gasteiger partial charge < -0.3 is 14.0 Å². The van der Waals surface area contributed by atoms with Crippen LogP contribution in [0.5, 0.6) is 0 Å². The summed E-state index contributed by atoms with van der Waals surface area (Å²) in [6.45, 7) is 6.49. The molecule has 26 heavy (non-hydrogen) atoms. The van der Waals surface area contributed by atoms with Crippen LogP contribution in [0, 0.1) is 0 Å². The molecule has 0 saturated carbocycles. The van der Waals surface area contributed by atoms with E-state index in [-0.39, 0.29) is 18.5 Å². The Bertz CT molecular complexity index is 713. The van der Waals surface area contributed by atoms with Crippen LogP contribution in [-0.2, 0) is 27.4 Å². The minimum absolute atomic E-state index is 0.187. The molecule has 0 unspecified atom stereocenters. The van der Waals surface area contributed by atoms with Crippen molar-refractivity contribution in [3.05, 3.63) is 59.9 Å². The standard InChI is InChI=1S/C21H27NO4/c1-21(2,3)26-19(23)13-7-8-14-22-15-9-12-18(22)20(24)25-16-17-10-5-4-6-11-17/h4-6,9-12,15H,7-8,13-14,16H2,1-3H3. The molecular weight excluding hydrogens is 330 g/mol. The molecule has 2 aromatic rings. The molecule has 1 aromatic carbocycles. The average molecular weight is 357 g/mol. The predicted octanol–water partition coefficient (Wildman–Crippen LogP) is 4.36. The van der Waals surface area contributed by atoms with Crippen molar-refractivity contribution < 1.29 is 19.1 Å². The summed E-state index contributed by atoms with van der Waals surface area (Å²) in [6.07, 6.45) is 3.73. The lowest BCUT2D eigenvalue weighted by Gasteiger charge is -2.19. The number of ether oxygens (including phenoxy) is 2. The molecule has 0 fully saturated rings. The fraction of sp³-hybridized carbons (Fsp3) is 0.429. The molecule has 0 aliphatic heterocycles. The lowest BCUT2D eigenvalue weighted by Crippen LogP contribution is -2.23. The second kappa shape index (κ2) is 9.22. The van der Waals surface area contributed by atoms with Crippen molar-refractivity contribution in [1.29, 1.82) is 0 Å². The Hall–Kier alpha value is -2.56. The summed E-state index contributed by atoms with van der Waals surface area (Å²) in [5, 5.41) is 0. The lowest BCUT2D eigenvalue weighted by molar-refractivity contribution is -0.154. The van der Waals surface area contributed by atoms with Crippen LogP contribution in [0.15, 0.2) is 48.7 Å². The molecule has 0 radical (unpaired) electrons. The molecule has 0 amide bonds. The zero-order chi connectivity index (χ0) is 19.0. The highest BCUT2D eigenvalue weighted by molar-refractivity contribution is 5.87. The summed E-state index contributed by atoms with van der Waals surface area (Å²) >= 11 is 0. The molecule has 140 valence electrons. The summed E-state index contributed by atoms with van der Waals surface area (Å²) in [4.78, 5) is 24.0. The molecule has 0 aliphatic carbocycles. The largest absolute Gasteiger partial charge is 0.460 e. The summed E-state index contributed by atoms with van der Waals surface area (Å²) in [5.74, 6) is -0.529. The number of unbranched alkanes of at least 4 members (excludes halogenated alkanes) is 1. The highest BCUT2D eigenvalue weighted by Gasteiger charge is 2.16. The van der Waals surface area contributed by atoms with Crippen molar-refractivity contribution >= 4 is 11.9 Å². The fourth-order valence-electron chi connectivity index (χ4n) is 2.54. The third kappa shape index (κ3) is 6.75. The van der Waals surface area contributed by atoms with Crippen LogP contribution >= 0.6 is 0 Å². The zero-order valence-electron chi connectivity index (χ0n) is 15.7. The van der Waals surface area contributed by atoms with Gasteiger partial charge in [-0.05, 0) is 51.3 Å². The first-order valence-electron chi connectivity index (χ1n) is 8.93. The van der Waals surface area contributed by atoms with Crippen molar-refractivity contribution in [3.63, 3.8) is 0 Å². The Labute approximate surface area is 154 Å². The molecule has 5 heteroatoms. The molecule has 0 N–H and O–H groups in total. The molecule has 0 saturated heterocycles. The molecular formula is C21H27NO4. The maximum absolute atomic E-state index is 12.3. The Kier molecular flexibility index (Phi) is 7.01. The van der Waals surface area contributed by atoms with Crippen molar-refractivity contribution in [2.75, 3.05) is 0 Å². The zero-order valence-corrected chi connectivity index (χ0v) is 15.7. The van der Waals surface area contributed by atoms with E-state index in [0.717, 1.165) is 12.0 Å². The fourth-order valence-corrected chi connectivity index (χ4v) is 2.54. The second-order valence-electron chi connectivity index (χ2n) is 7.19. The van der Waals surface area contributed by atoms with E-state index in [9.17, 15) is 9.59 Å². The van der Waals surface area contributed by atoms with Gasteiger partial charge in [0.15, 0.2) is 0 Å². The highest BCUT2D eigenvalue weighted by Crippen LogP contribution is 2.12. The van der Waals surface area contributed by atoms with E-state index in [1.807, 2.05) is 67.9 Å². The van der Waals surface area contributed by atoms with E-state index in [1.54, 1.807) is 6.07 Å². The van der Waals surface area contributed by atoms with E-state index in [0.29, 0.717) is 25.1 Å². The first kappa shape index (κ1) is 19.8. The van der Waals surface area contributed by atoms with Crippen LogP contribution in [0.1, 0.15) is 56.1 Å². The van der Waals surface area contributed by atoms with Crippen LogP contribution in [-0.4, -0.2) is 22.1 Å². The number of nitrogens with zero attached hydrogens (tertiary/aromatic N) is 1. The summed E-state index contributed by atoms with van der Waals surface area (Å²) in [7, 11) is 0. The monoisotopic (exact) mass is 357 g/mol. The first-order chi connectivity index (χ1) is 12.3. The van der Waals surface area contributed by atoms with Gasteiger partial charge in [-0.2, -0.15) is 0 Å². The van der Waals surface area contributed by atoms with E-state index in [4.69, 9.17) is 9.47 Å². The number of hydrogen-bond donors (Lipinski definition) is 0. The van der Waals surface area contributed by atoms with Crippen LogP contribution < -0.4 is 0 Å². The Morgan fingerprint density at radius 1 is 1.00 bits per heavy atom. The van der Waals surface area contributed by atoms with Gasteiger partial charge >= 0.3 is 11.9 Å². The first-order valence-corrected chi connectivity index (χ1v) is 8.93. The predicted molar refractivity (Wildman–Crippen MR) is 99.7 cm³/mol. The number of aromatic nitrogens is 1. The van der Waals surface area contributed by atoms with Gasteiger partial charge in [0.1, 0.15) is 17.9 Å². The van der Waals surface area contributed by atoms with Crippen LogP contribution in [0.3, 0.4) is 0 Å². The van der Waals surface area contributed by atoms with Crippen LogP contribution in [0.25, 0.3) is 0 Å². The Morgan fingerprint density at radius 3 is 2.42 bits per heavy atom. The van der Waals surface area contributed by atoms with Gasteiger partial charge in [-0.3, -0.25) is 4.79 Å². The van der Waals surface area contributed by atoms with E-state index in [2.05, 4.69) is 0 Å². The van der Waals surface area contributed by atoms with Crippen LogP contribution in [0.2, 0.25) is 0 Å². The van der Waals surface area contributed by atoms with E-state index in [1.165, 1.54) is 0 Å². The van der Waals surface area contributed by atoms with Gasteiger partial charge in [-0.15, -0.1) is 0 Å².